The standard InChI is InChI=1S/C64H43NO2/c1-63(2)55-24-14-12-22-47(55)49-31-27-44(35-57(49)63)65(45-28-32-50-48-23-13-15-25-56(48)64(58(50)36-45,42-18-8-4-9-19-42)43-20-10-5-11-21-43)46-29-33-52-54-39-61-53(38-62(54)67-60(52)37-46)51-30-26-41(34-59(51)66-61)40-16-6-3-7-17-40/h3-39H,1-2H3. The minimum Gasteiger partial charge on any atom is -0.456 e. The van der Waals surface area contributed by atoms with Gasteiger partial charge in [-0.25, -0.2) is 0 Å². The van der Waals surface area contributed by atoms with Crippen LogP contribution in [0.3, 0.4) is 0 Å². The summed E-state index contributed by atoms with van der Waals surface area (Å²) >= 11 is 0. The third-order valence-electron chi connectivity index (χ3n) is 14.9. The predicted octanol–water partition coefficient (Wildman–Crippen LogP) is 17.3. The average Bonchev–Trinajstić information content (AvgIpc) is 4.08. The molecule has 0 bridgehead atoms. The lowest BCUT2D eigenvalue weighted by Gasteiger charge is -2.35. The van der Waals surface area contributed by atoms with Crippen LogP contribution in [0.4, 0.5) is 17.1 Å². The Bertz CT molecular complexity index is 3910. The van der Waals surface area contributed by atoms with E-state index in [9.17, 15) is 0 Å². The van der Waals surface area contributed by atoms with E-state index in [1.807, 2.05) is 6.07 Å². The number of rotatable bonds is 6. The van der Waals surface area contributed by atoms with Crippen LogP contribution in [0.1, 0.15) is 47.2 Å². The van der Waals surface area contributed by atoms with Crippen LogP contribution in [0, 0.1) is 0 Å². The second-order valence-electron chi connectivity index (χ2n) is 18.8. The van der Waals surface area contributed by atoms with Crippen LogP contribution in [-0.4, -0.2) is 0 Å². The number of benzene rings is 10. The SMILES string of the molecule is CC1(C)c2ccccc2-c2ccc(N(c3ccc4c(c3)C(c3ccccc3)(c3ccccc3)c3ccccc3-4)c3ccc4c(c3)oc3cc5c(cc34)oc3cc(-c4ccccc4)ccc35)cc21. The molecule has 3 heteroatoms. The molecule has 316 valence electrons. The predicted molar refractivity (Wildman–Crippen MR) is 276 cm³/mol. The summed E-state index contributed by atoms with van der Waals surface area (Å²) in [6.45, 7) is 4.71. The van der Waals surface area contributed by atoms with Gasteiger partial charge in [0, 0.05) is 50.1 Å². The Kier molecular flexibility index (Phi) is 7.95. The summed E-state index contributed by atoms with van der Waals surface area (Å²) in [6.07, 6.45) is 0. The first-order chi connectivity index (χ1) is 32.9. The molecule has 2 heterocycles. The lowest BCUT2D eigenvalue weighted by Crippen LogP contribution is -2.28. The van der Waals surface area contributed by atoms with Crippen molar-refractivity contribution >= 4 is 60.9 Å². The van der Waals surface area contributed by atoms with Gasteiger partial charge in [-0.3, -0.25) is 0 Å². The molecule has 0 saturated heterocycles. The van der Waals surface area contributed by atoms with Crippen LogP contribution in [0.15, 0.2) is 233 Å². The highest BCUT2D eigenvalue weighted by Gasteiger charge is 2.46. The first kappa shape index (κ1) is 37.9. The highest BCUT2D eigenvalue weighted by molar-refractivity contribution is 6.15. The van der Waals surface area contributed by atoms with E-state index in [-0.39, 0.29) is 5.41 Å². The average molecular weight is 858 g/mol. The molecular weight excluding hydrogens is 815 g/mol. The van der Waals surface area contributed by atoms with Gasteiger partial charge < -0.3 is 13.7 Å². The molecule has 0 atom stereocenters. The molecule has 3 nitrogen and oxygen atoms in total. The highest BCUT2D eigenvalue weighted by Crippen LogP contribution is 2.58. The number of nitrogens with zero attached hydrogens (tertiary/aromatic N) is 1. The van der Waals surface area contributed by atoms with E-state index in [1.165, 1.54) is 61.2 Å². The number of fused-ring (bicyclic) bond motifs is 12. The molecule has 0 spiro atoms. The lowest BCUT2D eigenvalue weighted by molar-refractivity contribution is 0.660. The van der Waals surface area contributed by atoms with Crippen molar-refractivity contribution in [3.8, 4) is 33.4 Å². The van der Waals surface area contributed by atoms with E-state index in [0.29, 0.717) is 0 Å². The summed E-state index contributed by atoms with van der Waals surface area (Å²) in [6, 6.07) is 82.0. The van der Waals surface area contributed by atoms with Crippen molar-refractivity contribution in [1.82, 2.24) is 0 Å². The molecule has 67 heavy (non-hydrogen) atoms. The minimum absolute atomic E-state index is 0.171. The van der Waals surface area contributed by atoms with Crippen LogP contribution in [0.5, 0.6) is 0 Å². The summed E-state index contributed by atoms with van der Waals surface area (Å²) in [5.74, 6) is 0. The number of furan rings is 2. The molecule has 2 aliphatic rings. The van der Waals surface area contributed by atoms with E-state index in [2.05, 4.69) is 237 Å². The fourth-order valence-electron chi connectivity index (χ4n) is 11.8. The van der Waals surface area contributed by atoms with Crippen LogP contribution in [-0.2, 0) is 10.8 Å². The van der Waals surface area contributed by atoms with Gasteiger partial charge in [-0.1, -0.05) is 172 Å². The Morgan fingerprint density at radius 3 is 1.40 bits per heavy atom. The molecule has 0 fully saturated rings. The summed E-state index contributed by atoms with van der Waals surface area (Å²) in [7, 11) is 0. The third-order valence-corrected chi connectivity index (χ3v) is 14.9. The second kappa shape index (κ2) is 14.1. The molecule has 2 aliphatic carbocycles. The van der Waals surface area contributed by atoms with Gasteiger partial charge >= 0.3 is 0 Å². The maximum atomic E-state index is 6.88. The molecule has 12 aromatic rings. The number of anilines is 3. The topological polar surface area (TPSA) is 29.5 Å². The molecule has 0 amide bonds. The molecule has 10 aromatic carbocycles. The zero-order chi connectivity index (χ0) is 44.4. The van der Waals surface area contributed by atoms with Crippen molar-refractivity contribution < 1.29 is 8.83 Å². The molecule has 0 radical (unpaired) electrons. The van der Waals surface area contributed by atoms with E-state index in [4.69, 9.17) is 8.83 Å². The Labute approximate surface area is 388 Å². The monoisotopic (exact) mass is 857 g/mol. The third kappa shape index (κ3) is 5.40. The Hall–Kier alpha value is -8.40. The maximum absolute atomic E-state index is 6.88. The summed E-state index contributed by atoms with van der Waals surface area (Å²) < 4.78 is 13.5. The van der Waals surface area contributed by atoms with Gasteiger partial charge in [0.2, 0.25) is 0 Å². The highest BCUT2D eigenvalue weighted by atomic mass is 16.3. The smallest absolute Gasteiger partial charge is 0.137 e. The van der Waals surface area contributed by atoms with Crippen LogP contribution in [0.25, 0.3) is 77.3 Å². The minimum atomic E-state index is -0.537. The van der Waals surface area contributed by atoms with E-state index in [1.54, 1.807) is 0 Å². The van der Waals surface area contributed by atoms with Crippen molar-refractivity contribution in [3.05, 3.63) is 258 Å². The normalized spacial score (nSPS) is 14.1. The van der Waals surface area contributed by atoms with Gasteiger partial charge in [0.25, 0.3) is 0 Å². The van der Waals surface area contributed by atoms with Gasteiger partial charge in [-0.2, -0.15) is 0 Å². The summed E-state index contributed by atoms with van der Waals surface area (Å²) in [5, 5.41) is 4.20. The molecule has 0 unspecified atom stereocenters. The Morgan fingerprint density at radius 1 is 0.313 bits per heavy atom. The molecule has 0 aliphatic heterocycles. The van der Waals surface area contributed by atoms with Gasteiger partial charge in [0.15, 0.2) is 0 Å². The lowest BCUT2D eigenvalue weighted by atomic mass is 9.67. The zero-order valence-electron chi connectivity index (χ0n) is 37.1. The molecule has 2 aromatic heterocycles. The first-order valence-corrected chi connectivity index (χ1v) is 23.2. The molecule has 0 N–H and O–H groups in total. The summed E-state index contributed by atoms with van der Waals surface area (Å²) in [4.78, 5) is 2.43. The van der Waals surface area contributed by atoms with E-state index in [0.717, 1.165) is 66.5 Å². The first-order valence-electron chi connectivity index (χ1n) is 23.2. The number of hydrogen-bond acceptors (Lipinski definition) is 3. The van der Waals surface area contributed by atoms with Crippen LogP contribution in [0.2, 0.25) is 0 Å². The quantitative estimate of drug-likeness (QED) is 0.167. The molecule has 0 saturated carbocycles. The van der Waals surface area contributed by atoms with Gasteiger partial charge in [0.05, 0.1) is 5.41 Å². The van der Waals surface area contributed by atoms with Crippen molar-refractivity contribution in [3.63, 3.8) is 0 Å². The fourth-order valence-corrected chi connectivity index (χ4v) is 11.8. The summed E-state index contributed by atoms with van der Waals surface area (Å²) in [5.41, 5.74) is 21.0. The van der Waals surface area contributed by atoms with E-state index < -0.39 is 5.41 Å². The van der Waals surface area contributed by atoms with Gasteiger partial charge in [-0.05, 0) is 127 Å². The van der Waals surface area contributed by atoms with Crippen molar-refractivity contribution in [2.24, 2.45) is 0 Å². The number of hydrogen-bond donors (Lipinski definition) is 0. The maximum Gasteiger partial charge on any atom is 0.137 e. The van der Waals surface area contributed by atoms with Crippen LogP contribution >= 0.6 is 0 Å². The van der Waals surface area contributed by atoms with Crippen molar-refractivity contribution in [2.75, 3.05) is 4.90 Å². The van der Waals surface area contributed by atoms with Crippen molar-refractivity contribution in [2.45, 2.75) is 24.7 Å². The Morgan fingerprint density at radius 2 is 0.761 bits per heavy atom. The van der Waals surface area contributed by atoms with E-state index >= 15 is 0 Å². The van der Waals surface area contributed by atoms with Gasteiger partial charge in [0.1, 0.15) is 22.3 Å². The Balaban J connectivity index is 0.973. The largest absolute Gasteiger partial charge is 0.456 e. The van der Waals surface area contributed by atoms with Crippen LogP contribution < -0.4 is 4.90 Å². The van der Waals surface area contributed by atoms with Gasteiger partial charge in [-0.15, -0.1) is 0 Å². The fraction of sp³-hybridized carbons (Fsp3) is 0.0625. The van der Waals surface area contributed by atoms with Crippen molar-refractivity contribution in [1.29, 1.82) is 0 Å². The second-order valence-corrected chi connectivity index (χ2v) is 18.8. The zero-order valence-corrected chi connectivity index (χ0v) is 37.1. The molecule has 14 rings (SSSR count). The molecular formula is C64H43NO2.